The summed E-state index contributed by atoms with van der Waals surface area (Å²) in [5, 5.41) is 11.8. The summed E-state index contributed by atoms with van der Waals surface area (Å²) in [5.41, 5.74) is 1.71. The van der Waals surface area contributed by atoms with E-state index in [0.29, 0.717) is 0 Å². The van der Waals surface area contributed by atoms with Gasteiger partial charge in [-0.1, -0.05) is 12.1 Å². The van der Waals surface area contributed by atoms with Gasteiger partial charge in [0.15, 0.2) is 0 Å². The zero-order chi connectivity index (χ0) is 13.3. The molecule has 5 heteroatoms. The van der Waals surface area contributed by atoms with Crippen molar-refractivity contribution in [3.05, 3.63) is 29.3 Å². The van der Waals surface area contributed by atoms with Gasteiger partial charge in [0.25, 0.3) is 0 Å². The maximum Gasteiger partial charge on any atom is 0.309 e. The highest BCUT2D eigenvalue weighted by molar-refractivity contribution is 5.87. The smallest absolute Gasteiger partial charge is 0.309 e. The van der Waals surface area contributed by atoms with Crippen LogP contribution in [0.25, 0.3) is 0 Å². The quantitative estimate of drug-likeness (QED) is 0.845. The minimum atomic E-state index is -0.952. The summed E-state index contributed by atoms with van der Waals surface area (Å²) in [6.45, 7) is 1.88. The Balaban J connectivity index is 2.33. The molecular formula is C13H15NO4. The summed E-state index contributed by atoms with van der Waals surface area (Å²) in [5.74, 6) is -1.13. The molecule has 2 atom stereocenters. The minimum absolute atomic E-state index is 0.0328. The number of hydrogen-bond donors (Lipinski definition) is 2. The van der Waals surface area contributed by atoms with Crippen molar-refractivity contribution in [1.82, 2.24) is 5.32 Å². The van der Waals surface area contributed by atoms with Gasteiger partial charge < -0.3 is 15.2 Å². The molecule has 96 valence electrons. The summed E-state index contributed by atoms with van der Waals surface area (Å²) in [6.07, 6.45) is 0.0328. The summed E-state index contributed by atoms with van der Waals surface area (Å²) in [6, 6.07) is 4.97. The molecule has 5 nitrogen and oxygen atoms in total. The molecule has 0 aromatic heterocycles. The number of aliphatic carboxylic acids is 1. The van der Waals surface area contributed by atoms with E-state index in [1.807, 2.05) is 13.0 Å². The van der Waals surface area contributed by atoms with Crippen molar-refractivity contribution < 1.29 is 19.4 Å². The van der Waals surface area contributed by atoms with Crippen LogP contribution >= 0.6 is 0 Å². The number of carbonyl (C=O) groups excluding carboxylic acids is 1. The van der Waals surface area contributed by atoms with Gasteiger partial charge in [0, 0.05) is 6.42 Å². The van der Waals surface area contributed by atoms with Gasteiger partial charge in [0.2, 0.25) is 5.91 Å². The van der Waals surface area contributed by atoms with Crippen molar-refractivity contribution in [3.8, 4) is 5.75 Å². The number of aryl methyl sites for hydroxylation is 1. The number of rotatable bonds is 3. The number of hydrogen-bond acceptors (Lipinski definition) is 3. The minimum Gasteiger partial charge on any atom is -0.496 e. The molecule has 0 radical (unpaired) electrons. The Labute approximate surface area is 105 Å². The third kappa shape index (κ3) is 2.16. The van der Waals surface area contributed by atoms with Crippen molar-refractivity contribution >= 4 is 11.9 Å². The largest absolute Gasteiger partial charge is 0.496 e. The lowest BCUT2D eigenvalue weighted by Crippen LogP contribution is -2.24. The summed E-state index contributed by atoms with van der Waals surface area (Å²) in [4.78, 5) is 22.5. The van der Waals surface area contributed by atoms with Crippen LogP contribution < -0.4 is 10.1 Å². The van der Waals surface area contributed by atoms with Gasteiger partial charge in [-0.2, -0.15) is 0 Å². The van der Waals surface area contributed by atoms with Gasteiger partial charge in [-0.15, -0.1) is 0 Å². The lowest BCUT2D eigenvalue weighted by atomic mass is 9.93. The second kappa shape index (κ2) is 4.68. The Morgan fingerprint density at radius 2 is 2.22 bits per heavy atom. The predicted octanol–water partition coefficient (Wildman–Crippen LogP) is 1.27. The van der Waals surface area contributed by atoms with Crippen LogP contribution in [0, 0.1) is 12.8 Å². The van der Waals surface area contributed by atoms with E-state index in [-0.39, 0.29) is 12.3 Å². The Morgan fingerprint density at radius 3 is 2.78 bits per heavy atom. The van der Waals surface area contributed by atoms with Gasteiger partial charge in [0.1, 0.15) is 5.75 Å². The zero-order valence-corrected chi connectivity index (χ0v) is 10.3. The van der Waals surface area contributed by atoms with Crippen LogP contribution in [-0.4, -0.2) is 24.1 Å². The van der Waals surface area contributed by atoms with Crippen LogP contribution in [0.1, 0.15) is 23.6 Å². The number of carboxylic acid groups (broad SMARTS) is 1. The molecule has 2 unspecified atom stereocenters. The third-order valence-corrected chi connectivity index (χ3v) is 3.22. The molecular weight excluding hydrogens is 234 g/mol. The standard InChI is InChI=1S/C13H15NO4/c1-7-5-8(3-4-10(7)18-2)12-9(13(16)17)6-11(15)14-12/h3-5,9,12H,6H2,1-2H3,(H,14,15)(H,16,17). The lowest BCUT2D eigenvalue weighted by molar-refractivity contribution is -0.142. The normalized spacial score (nSPS) is 22.7. The van der Waals surface area contributed by atoms with Crippen molar-refractivity contribution in [2.24, 2.45) is 5.92 Å². The van der Waals surface area contributed by atoms with E-state index < -0.39 is 17.9 Å². The number of amides is 1. The molecule has 1 amide bonds. The SMILES string of the molecule is COc1ccc(C2NC(=O)CC2C(=O)O)cc1C. The van der Waals surface area contributed by atoms with Gasteiger partial charge in [0.05, 0.1) is 19.1 Å². The Kier molecular flexibility index (Phi) is 3.23. The van der Waals surface area contributed by atoms with E-state index in [0.717, 1.165) is 16.9 Å². The van der Waals surface area contributed by atoms with Crippen LogP contribution in [0.15, 0.2) is 18.2 Å². The van der Waals surface area contributed by atoms with Crippen LogP contribution in [0.3, 0.4) is 0 Å². The fourth-order valence-electron chi connectivity index (χ4n) is 2.29. The van der Waals surface area contributed by atoms with Crippen molar-refractivity contribution in [2.45, 2.75) is 19.4 Å². The molecule has 1 aromatic rings. The number of carbonyl (C=O) groups is 2. The van der Waals surface area contributed by atoms with E-state index in [4.69, 9.17) is 9.84 Å². The molecule has 2 rings (SSSR count). The second-order valence-corrected chi connectivity index (χ2v) is 4.42. The molecule has 2 N–H and O–H groups in total. The highest BCUT2D eigenvalue weighted by Gasteiger charge is 2.38. The molecule has 18 heavy (non-hydrogen) atoms. The number of nitrogens with one attached hydrogen (secondary N) is 1. The monoisotopic (exact) mass is 249 g/mol. The van der Waals surface area contributed by atoms with Crippen LogP contribution in [0.2, 0.25) is 0 Å². The molecule has 1 saturated heterocycles. The lowest BCUT2D eigenvalue weighted by Gasteiger charge is -2.17. The van der Waals surface area contributed by atoms with Crippen molar-refractivity contribution in [3.63, 3.8) is 0 Å². The maximum atomic E-state index is 11.4. The summed E-state index contributed by atoms with van der Waals surface area (Å²) >= 11 is 0. The first kappa shape index (κ1) is 12.4. The maximum absolute atomic E-state index is 11.4. The third-order valence-electron chi connectivity index (χ3n) is 3.22. The Morgan fingerprint density at radius 1 is 1.50 bits per heavy atom. The first-order chi connectivity index (χ1) is 8.52. The predicted molar refractivity (Wildman–Crippen MR) is 64.4 cm³/mol. The summed E-state index contributed by atoms with van der Waals surface area (Å²) in [7, 11) is 1.58. The number of ether oxygens (including phenoxy) is 1. The average molecular weight is 249 g/mol. The Hall–Kier alpha value is -2.04. The van der Waals surface area contributed by atoms with Crippen molar-refractivity contribution in [2.75, 3.05) is 7.11 Å². The van der Waals surface area contributed by atoms with E-state index in [1.54, 1.807) is 19.2 Å². The molecule has 1 fully saturated rings. The van der Waals surface area contributed by atoms with Crippen LogP contribution in [0.4, 0.5) is 0 Å². The molecule has 1 aliphatic rings. The highest BCUT2D eigenvalue weighted by Crippen LogP contribution is 2.32. The van der Waals surface area contributed by atoms with E-state index >= 15 is 0 Å². The molecule has 0 saturated carbocycles. The highest BCUT2D eigenvalue weighted by atomic mass is 16.5. The van der Waals surface area contributed by atoms with Gasteiger partial charge in [-0.3, -0.25) is 9.59 Å². The Bertz CT molecular complexity index is 498. The van der Waals surface area contributed by atoms with Crippen molar-refractivity contribution in [1.29, 1.82) is 0 Å². The molecule has 1 aliphatic heterocycles. The number of benzene rings is 1. The number of methoxy groups -OCH3 is 1. The number of carboxylic acids is 1. The first-order valence-electron chi connectivity index (χ1n) is 5.69. The fourth-order valence-corrected chi connectivity index (χ4v) is 2.29. The van der Waals surface area contributed by atoms with Gasteiger partial charge >= 0.3 is 5.97 Å². The zero-order valence-electron chi connectivity index (χ0n) is 10.3. The molecule has 0 aliphatic carbocycles. The van der Waals surface area contributed by atoms with Crippen LogP contribution in [-0.2, 0) is 9.59 Å². The molecule has 1 heterocycles. The van der Waals surface area contributed by atoms with Gasteiger partial charge in [-0.25, -0.2) is 0 Å². The average Bonchev–Trinajstić information content (AvgIpc) is 2.71. The van der Waals surface area contributed by atoms with Gasteiger partial charge in [-0.05, 0) is 24.1 Å². The van der Waals surface area contributed by atoms with E-state index in [2.05, 4.69) is 5.32 Å². The summed E-state index contributed by atoms with van der Waals surface area (Å²) < 4.78 is 5.15. The van der Waals surface area contributed by atoms with E-state index in [1.165, 1.54) is 0 Å². The second-order valence-electron chi connectivity index (χ2n) is 4.42. The van der Waals surface area contributed by atoms with E-state index in [9.17, 15) is 9.59 Å². The molecule has 0 spiro atoms. The molecule has 0 bridgehead atoms. The molecule has 1 aromatic carbocycles. The topological polar surface area (TPSA) is 75.6 Å². The van der Waals surface area contributed by atoms with Crippen LogP contribution in [0.5, 0.6) is 5.75 Å². The first-order valence-corrected chi connectivity index (χ1v) is 5.69. The fraction of sp³-hybridized carbons (Fsp3) is 0.385.